The van der Waals surface area contributed by atoms with Crippen molar-refractivity contribution in [2.45, 2.75) is 12.5 Å². The molecule has 0 saturated heterocycles. The smallest absolute Gasteiger partial charge is 0.303 e. The zero-order valence-electron chi connectivity index (χ0n) is 9.02. The largest absolute Gasteiger partial charge is 0.493 e. The van der Waals surface area contributed by atoms with Crippen LogP contribution in [0.2, 0.25) is 0 Å². The molecule has 17 heavy (non-hydrogen) atoms. The summed E-state index contributed by atoms with van der Waals surface area (Å²) >= 11 is 0. The predicted octanol–water partition coefficient (Wildman–Crippen LogP) is -1.13. The fraction of sp³-hybridized carbons (Fsp3) is 0.400. The fourth-order valence-electron chi connectivity index (χ4n) is 1.46. The third-order valence-electron chi connectivity index (χ3n) is 2.09. The monoisotopic (exact) mass is 283 g/mol. The molecule has 0 fully saturated rings. The zero-order valence-corrected chi connectivity index (χ0v) is 10.8. The minimum Gasteiger partial charge on any atom is -0.493 e. The lowest BCUT2D eigenvalue weighted by atomic mass is 10.4. The van der Waals surface area contributed by atoms with Crippen molar-refractivity contribution in [1.82, 2.24) is 4.67 Å². The zero-order chi connectivity index (χ0) is 13.6. The summed E-state index contributed by atoms with van der Waals surface area (Å²) in [7, 11) is -8.05. The van der Waals surface area contributed by atoms with E-state index in [2.05, 4.69) is 4.99 Å². The van der Waals surface area contributed by atoms with E-state index >= 15 is 0 Å². The Morgan fingerprint density at radius 2 is 1.82 bits per heavy atom. The summed E-state index contributed by atoms with van der Waals surface area (Å²) in [6.45, 7) is 1.38. The number of nitrogens with two attached hydrogens (primary N) is 5. The molecule has 12 heteroatoms. The number of allylic oxidation sites excluding steroid dienone is 1. The average molecular weight is 283 g/mol. The van der Waals surface area contributed by atoms with Crippen LogP contribution in [0.5, 0.6) is 0 Å². The van der Waals surface area contributed by atoms with Crippen LogP contribution >= 0.6 is 15.0 Å². The molecular formula is C5H15N7O3P2. The van der Waals surface area contributed by atoms with Gasteiger partial charge in [-0.2, -0.15) is 4.99 Å². The molecule has 10 nitrogen and oxygen atoms in total. The van der Waals surface area contributed by atoms with Gasteiger partial charge < -0.3 is 5.11 Å². The van der Waals surface area contributed by atoms with E-state index in [-0.39, 0.29) is 5.70 Å². The maximum atomic E-state index is 11.8. The Morgan fingerprint density at radius 1 is 1.35 bits per heavy atom. The molecule has 0 aromatic carbocycles. The molecule has 1 heterocycles. The Hall–Kier alpha value is -0.730. The van der Waals surface area contributed by atoms with Gasteiger partial charge in [-0.05, 0) is 6.92 Å². The Kier molecular flexibility index (Phi) is 3.28. The van der Waals surface area contributed by atoms with Gasteiger partial charge in [0.2, 0.25) is 5.90 Å². The summed E-state index contributed by atoms with van der Waals surface area (Å²) in [5.41, 5.74) is 24.4. The van der Waals surface area contributed by atoms with E-state index in [1.54, 1.807) is 0 Å². The molecule has 0 spiro atoms. The van der Waals surface area contributed by atoms with E-state index in [1.807, 2.05) is 0 Å². The molecule has 1 rings (SSSR count). The van der Waals surface area contributed by atoms with Crippen molar-refractivity contribution >= 4 is 20.9 Å². The van der Waals surface area contributed by atoms with Crippen LogP contribution < -0.4 is 27.8 Å². The van der Waals surface area contributed by atoms with Gasteiger partial charge in [-0.3, -0.25) is 41.6 Å². The van der Waals surface area contributed by atoms with Crippen LogP contribution in [0.1, 0.15) is 6.92 Å². The molecule has 0 radical (unpaired) electrons. The molecule has 0 amide bonds. The first kappa shape index (κ1) is 14.3. The molecular weight excluding hydrogens is 268 g/mol. The van der Waals surface area contributed by atoms with Crippen LogP contribution in [0.3, 0.4) is 0 Å². The third kappa shape index (κ3) is 2.43. The van der Waals surface area contributed by atoms with Gasteiger partial charge in [0.15, 0.2) is 0 Å². The number of aliphatic hydroxyl groups excluding tert-OH is 1. The summed E-state index contributed by atoms with van der Waals surface area (Å²) in [5, 5.41) is 9.33. The topological polar surface area (TPSA) is 200 Å². The van der Waals surface area contributed by atoms with Crippen LogP contribution in [0.25, 0.3) is 0 Å². The van der Waals surface area contributed by atoms with Crippen LogP contribution in [0.15, 0.2) is 16.8 Å². The number of nitrogens with zero attached hydrogens (tertiary/aromatic N) is 2. The molecule has 0 aliphatic carbocycles. The summed E-state index contributed by atoms with van der Waals surface area (Å²) in [5.74, 6) is -0.564. The van der Waals surface area contributed by atoms with Crippen molar-refractivity contribution in [1.29, 1.82) is 0 Å². The first-order valence-corrected chi connectivity index (χ1v) is 7.95. The number of aliphatic hydroxyl groups is 1. The molecule has 0 aromatic heterocycles. The van der Waals surface area contributed by atoms with E-state index < -0.39 is 26.5 Å². The number of hydrogen-bond acceptors (Lipinski definition) is 4. The lowest BCUT2D eigenvalue weighted by molar-refractivity contribution is 0.316. The van der Waals surface area contributed by atoms with Gasteiger partial charge in [-0.15, -0.1) is 0 Å². The predicted molar refractivity (Wildman–Crippen MR) is 64.5 cm³/mol. The first-order valence-electron chi connectivity index (χ1n) is 4.31. The van der Waals surface area contributed by atoms with Gasteiger partial charge in [-0.1, -0.05) is 0 Å². The highest BCUT2D eigenvalue weighted by atomic mass is 31.2. The van der Waals surface area contributed by atoms with E-state index in [4.69, 9.17) is 27.8 Å². The minimum absolute atomic E-state index is 0.0875. The molecule has 98 valence electrons. The molecule has 0 aromatic rings. The highest BCUT2D eigenvalue weighted by molar-refractivity contribution is 7.63. The highest BCUT2D eigenvalue weighted by Gasteiger charge is 2.52. The molecule has 1 unspecified atom stereocenters. The van der Waals surface area contributed by atoms with Gasteiger partial charge in [0, 0.05) is 11.8 Å². The Bertz CT molecular complexity index is 490. The highest BCUT2D eigenvalue weighted by Crippen LogP contribution is 2.54. The third-order valence-corrected chi connectivity index (χ3v) is 4.82. The summed E-state index contributed by atoms with van der Waals surface area (Å²) in [6.07, 6.45) is 1.09. The number of rotatable bonds is 2. The van der Waals surface area contributed by atoms with Crippen LogP contribution in [0, 0.1) is 0 Å². The Labute approximate surface area is 97.5 Å². The van der Waals surface area contributed by atoms with E-state index in [1.165, 1.54) is 6.92 Å². The average Bonchev–Trinajstić information content (AvgIpc) is 1.95. The van der Waals surface area contributed by atoms with Gasteiger partial charge >= 0.3 is 7.59 Å². The molecule has 0 bridgehead atoms. The lowest BCUT2D eigenvalue weighted by Gasteiger charge is -2.43. The second kappa shape index (κ2) is 3.89. The molecule has 1 aliphatic heterocycles. The normalized spacial score (nSPS) is 26.6. The quantitative estimate of drug-likeness (QED) is 0.339. The van der Waals surface area contributed by atoms with Crippen molar-refractivity contribution in [2.24, 2.45) is 32.7 Å². The minimum atomic E-state index is -4.10. The number of hydrogen-bond donors (Lipinski definition) is 6. The summed E-state index contributed by atoms with van der Waals surface area (Å²) < 4.78 is 24.1. The van der Waals surface area contributed by atoms with Crippen molar-refractivity contribution in [3.63, 3.8) is 0 Å². The summed E-state index contributed by atoms with van der Waals surface area (Å²) in [4.78, 5) is 3.44. The van der Waals surface area contributed by atoms with Gasteiger partial charge in [0.25, 0.3) is 13.0 Å². The molecule has 1 aliphatic rings. The lowest BCUT2D eigenvalue weighted by Crippen LogP contribution is -2.58. The molecule has 1 atom stereocenters. The van der Waals surface area contributed by atoms with Gasteiger partial charge in [-0.25, -0.2) is 0 Å². The van der Waals surface area contributed by atoms with Crippen LogP contribution in [0.4, 0.5) is 0 Å². The second-order valence-corrected chi connectivity index (χ2v) is 7.46. The van der Waals surface area contributed by atoms with Crippen molar-refractivity contribution in [3.8, 4) is 0 Å². The van der Waals surface area contributed by atoms with Crippen molar-refractivity contribution < 1.29 is 14.2 Å². The Balaban J connectivity index is 3.51. The first-order chi connectivity index (χ1) is 7.39. The molecule has 11 N–H and O–H groups in total. The molecule has 0 saturated carbocycles. The van der Waals surface area contributed by atoms with Gasteiger partial charge in [0.1, 0.15) is 0 Å². The van der Waals surface area contributed by atoms with E-state index in [0.717, 1.165) is 6.08 Å². The maximum absolute atomic E-state index is 11.8. The standard InChI is InChI=1S/C5H15N7O3P2/c1-3-2-4(13)11-5(6,16(7,8)14)12(3)17(9,10)15/h2H,6H2,1H3,(H,11,13)(H4,7,8,14)(H4,9,10,15). The van der Waals surface area contributed by atoms with Crippen molar-refractivity contribution in [3.05, 3.63) is 11.8 Å². The van der Waals surface area contributed by atoms with Gasteiger partial charge in [0.05, 0.1) is 0 Å². The van der Waals surface area contributed by atoms with Crippen molar-refractivity contribution in [2.75, 3.05) is 0 Å². The summed E-state index contributed by atoms with van der Waals surface area (Å²) in [6, 6.07) is 0. The SMILES string of the molecule is CC1=CC(O)=NC(N)(P(N)(N)=O)N1P(N)(N)=O. The van der Waals surface area contributed by atoms with Crippen LogP contribution in [-0.4, -0.2) is 21.2 Å². The second-order valence-electron chi connectivity index (χ2n) is 3.64. The van der Waals surface area contributed by atoms with E-state index in [9.17, 15) is 14.2 Å². The fourth-order valence-corrected chi connectivity index (χ4v) is 4.07. The van der Waals surface area contributed by atoms with Crippen LogP contribution in [-0.2, 0) is 9.13 Å². The van der Waals surface area contributed by atoms with E-state index in [0.29, 0.717) is 4.67 Å². The maximum Gasteiger partial charge on any atom is 0.303 e. The Morgan fingerprint density at radius 3 is 2.18 bits per heavy atom. The number of aliphatic imine (C=N–C) groups is 1.